The lowest BCUT2D eigenvalue weighted by atomic mass is 10.1. The predicted octanol–water partition coefficient (Wildman–Crippen LogP) is 5.50. The Hall–Kier alpha value is -1.96. The van der Waals surface area contributed by atoms with Crippen molar-refractivity contribution in [3.05, 3.63) is 40.9 Å². The summed E-state index contributed by atoms with van der Waals surface area (Å²) < 4.78 is 42.4. The highest BCUT2D eigenvalue weighted by Gasteiger charge is 2.38. The first-order valence-corrected chi connectivity index (χ1v) is 7.60. The normalized spacial score (nSPS) is 18.6. The van der Waals surface area contributed by atoms with Crippen LogP contribution in [0.3, 0.4) is 0 Å². The number of rotatable bonds is 3. The van der Waals surface area contributed by atoms with Crippen molar-refractivity contribution in [2.24, 2.45) is 5.92 Å². The van der Waals surface area contributed by atoms with E-state index in [1.807, 2.05) is 0 Å². The zero-order chi connectivity index (χ0) is 15.5. The molecule has 2 aromatic rings. The topological polar surface area (TPSA) is 9.29 Å². The summed E-state index contributed by atoms with van der Waals surface area (Å²) in [6.07, 6.45) is -0.0614. The van der Waals surface area contributed by atoms with Gasteiger partial charge in [-0.15, -0.1) is 0 Å². The average Bonchev–Trinajstić information content (AvgIpc) is 3.35. The molecule has 1 aromatic carbocycles. The van der Waals surface area contributed by atoms with Gasteiger partial charge in [0.1, 0.15) is 0 Å². The molecule has 4 rings (SSSR count). The molecule has 0 amide bonds. The van der Waals surface area contributed by atoms with E-state index >= 15 is 0 Å². The lowest BCUT2D eigenvalue weighted by molar-refractivity contribution is -0.135. The molecular weight excluding hydrogens is 289 g/mol. The van der Waals surface area contributed by atoms with Crippen molar-refractivity contribution >= 4 is 16.6 Å². The SMILES string of the molecule is [C-]#[N+]c1ccc2c(cc(C3CC3)n2CC2CC2)c1C(F)(F)F. The first-order chi connectivity index (χ1) is 10.5. The largest absolute Gasteiger partial charge is 0.408 e. The number of benzene rings is 1. The summed E-state index contributed by atoms with van der Waals surface area (Å²) in [6, 6.07) is 4.69. The predicted molar refractivity (Wildman–Crippen MR) is 77.9 cm³/mol. The fraction of sp³-hybridized carbons (Fsp3) is 0.471. The molecule has 5 heteroatoms. The van der Waals surface area contributed by atoms with Crippen molar-refractivity contribution in [1.29, 1.82) is 0 Å². The van der Waals surface area contributed by atoms with Crippen LogP contribution in [0.4, 0.5) is 18.9 Å². The average molecular weight is 304 g/mol. The third-order valence-corrected chi connectivity index (χ3v) is 4.63. The Balaban J connectivity index is 1.98. The van der Waals surface area contributed by atoms with Crippen molar-refractivity contribution in [2.75, 3.05) is 0 Å². The summed E-state index contributed by atoms with van der Waals surface area (Å²) in [7, 11) is 0. The molecule has 22 heavy (non-hydrogen) atoms. The monoisotopic (exact) mass is 304 g/mol. The molecule has 0 radical (unpaired) electrons. The minimum absolute atomic E-state index is 0.198. The van der Waals surface area contributed by atoms with Crippen LogP contribution in [0.25, 0.3) is 15.7 Å². The summed E-state index contributed by atoms with van der Waals surface area (Å²) in [5.74, 6) is 0.992. The first-order valence-electron chi connectivity index (χ1n) is 7.60. The lowest BCUT2D eigenvalue weighted by Gasteiger charge is -2.12. The zero-order valence-corrected chi connectivity index (χ0v) is 12.0. The van der Waals surface area contributed by atoms with E-state index < -0.39 is 11.7 Å². The van der Waals surface area contributed by atoms with Crippen LogP contribution >= 0.6 is 0 Å². The van der Waals surface area contributed by atoms with E-state index in [1.54, 1.807) is 12.1 Å². The summed E-state index contributed by atoms with van der Waals surface area (Å²) in [5, 5.41) is 0.198. The van der Waals surface area contributed by atoms with Crippen LogP contribution in [-0.2, 0) is 12.7 Å². The Morgan fingerprint density at radius 1 is 1.18 bits per heavy atom. The van der Waals surface area contributed by atoms with Gasteiger partial charge in [-0.1, -0.05) is 6.07 Å². The Bertz CT molecular complexity index is 787. The Morgan fingerprint density at radius 2 is 1.91 bits per heavy atom. The van der Waals surface area contributed by atoms with Crippen molar-refractivity contribution < 1.29 is 13.2 Å². The molecule has 0 bridgehead atoms. The number of nitrogens with zero attached hydrogens (tertiary/aromatic N) is 2. The van der Waals surface area contributed by atoms with Crippen LogP contribution in [0.2, 0.25) is 0 Å². The maximum Gasteiger partial charge on any atom is 0.408 e. The summed E-state index contributed by atoms with van der Waals surface area (Å²) >= 11 is 0. The van der Waals surface area contributed by atoms with Gasteiger partial charge < -0.3 is 4.57 Å². The fourth-order valence-electron chi connectivity index (χ4n) is 3.21. The first kappa shape index (κ1) is 13.7. The second-order valence-corrected chi connectivity index (χ2v) is 6.40. The van der Waals surface area contributed by atoms with E-state index in [2.05, 4.69) is 9.41 Å². The van der Waals surface area contributed by atoms with Crippen LogP contribution in [0.1, 0.15) is 42.9 Å². The molecule has 2 aliphatic rings. The van der Waals surface area contributed by atoms with Gasteiger partial charge in [0.2, 0.25) is 0 Å². The van der Waals surface area contributed by atoms with E-state index in [0.717, 1.165) is 37.9 Å². The number of alkyl halides is 3. The summed E-state index contributed by atoms with van der Waals surface area (Å²) in [5.41, 5.74) is 0.588. The molecule has 0 N–H and O–H groups in total. The van der Waals surface area contributed by atoms with E-state index in [0.29, 0.717) is 17.4 Å². The summed E-state index contributed by atoms with van der Waals surface area (Å²) in [6.45, 7) is 7.85. The smallest absolute Gasteiger partial charge is 0.344 e. The molecule has 2 aliphatic carbocycles. The second-order valence-electron chi connectivity index (χ2n) is 6.40. The van der Waals surface area contributed by atoms with Gasteiger partial charge in [0.25, 0.3) is 0 Å². The van der Waals surface area contributed by atoms with Crippen LogP contribution in [0.15, 0.2) is 18.2 Å². The molecule has 2 saturated carbocycles. The molecule has 2 fully saturated rings. The summed E-state index contributed by atoms with van der Waals surface area (Å²) in [4.78, 5) is 3.08. The Labute approximate surface area is 126 Å². The number of hydrogen-bond donors (Lipinski definition) is 0. The molecule has 1 aromatic heterocycles. The molecule has 0 atom stereocenters. The van der Waals surface area contributed by atoms with Gasteiger partial charge >= 0.3 is 6.18 Å². The molecule has 1 heterocycles. The van der Waals surface area contributed by atoms with Crippen LogP contribution in [0.5, 0.6) is 0 Å². The molecule has 0 spiro atoms. The molecular formula is C17H15F3N2. The van der Waals surface area contributed by atoms with Crippen LogP contribution < -0.4 is 0 Å². The van der Waals surface area contributed by atoms with E-state index in [4.69, 9.17) is 6.57 Å². The van der Waals surface area contributed by atoms with Gasteiger partial charge in [-0.25, -0.2) is 4.85 Å². The Morgan fingerprint density at radius 3 is 2.45 bits per heavy atom. The van der Waals surface area contributed by atoms with Gasteiger partial charge in [-0.2, -0.15) is 13.2 Å². The zero-order valence-electron chi connectivity index (χ0n) is 12.0. The number of hydrogen-bond acceptors (Lipinski definition) is 0. The quantitative estimate of drug-likeness (QED) is 0.662. The van der Waals surface area contributed by atoms with Crippen LogP contribution in [0, 0.1) is 12.5 Å². The molecule has 0 unspecified atom stereocenters. The third kappa shape index (κ3) is 2.18. The Kier molecular flexibility index (Phi) is 2.81. The number of halogens is 3. The van der Waals surface area contributed by atoms with Gasteiger partial charge in [0, 0.05) is 23.1 Å². The standard InChI is InChI=1S/C17H15F3N2/c1-21-13-6-7-14-12(16(13)17(18,19)20)8-15(11-4-5-11)22(14)9-10-2-3-10/h6-8,10-11H,2-5,9H2. The van der Waals surface area contributed by atoms with Gasteiger partial charge in [-0.3, -0.25) is 0 Å². The minimum Gasteiger partial charge on any atom is -0.344 e. The lowest BCUT2D eigenvalue weighted by Crippen LogP contribution is -2.07. The van der Waals surface area contributed by atoms with Gasteiger partial charge in [0.05, 0.1) is 12.1 Å². The van der Waals surface area contributed by atoms with Gasteiger partial charge in [0.15, 0.2) is 5.69 Å². The highest BCUT2D eigenvalue weighted by molar-refractivity contribution is 5.90. The number of fused-ring (bicyclic) bond motifs is 1. The molecule has 0 saturated heterocycles. The fourth-order valence-corrected chi connectivity index (χ4v) is 3.21. The number of aromatic nitrogens is 1. The third-order valence-electron chi connectivity index (χ3n) is 4.63. The molecule has 0 aliphatic heterocycles. The van der Waals surface area contributed by atoms with Crippen molar-refractivity contribution in [2.45, 2.75) is 44.3 Å². The van der Waals surface area contributed by atoms with E-state index in [9.17, 15) is 13.2 Å². The van der Waals surface area contributed by atoms with E-state index in [-0.39, 0.29) is 11.1 Å². The van der Waals surface area contributed by atoms with Crippen molar-refractivity contribution in [3.8, 4) is 0 Å². The van der Waals surface area contributed by atoms with Gasteiger partial charge in [-0.05, 0) is 49.7 Å². The van der Waals surface area contributed by atoms with Crippen molar-refractivity contribution in [1.82, 2.24) is 4.57 Å². The highest BCUT2D eigenvalue weighted by atomic mass is 19.4. The molecule has 114 valence electrons. The maximum atomic E-state index is 13.4. The molecule has 2 nitrogen and oxygen atoms in total. The second kappa shape index (κ2) is 4.52. The highest BCUT2D eigenvalue weighted by Crippen LogP contribution is 2.47. The maximum absolute atomic E-state index is 13.4. The van der Waals surface area contributed by atoms with Crippen LogP contribution in [-0.4, -0.2) is 4.57 Å². The van der Waals surface area contributed by atoms with Crippen molar-refractivity contribution in [3.63, 3.8) is 0 Å². The van der Waals surface area contributed by atoms with E-state index in [1.165, 1.54) is 6.07 Å². The minimum atomic E-state index is -4.49.